The zero-order valence-electron chi connectivity index (χ0n) is 16.0. The summed E-state index contributed by atoms with van der Waals surface area (Å²) in [7, 11) is 1.74. The van der Waals surface area contributed by atoms with Crippen molar-refractivity contribution in [2.75, 3.05) is 7.05 Å². The van der Waals surface area contributed by atoms with Crippen LogP contribution in [0, 0.1) is 5.82 Å². The summed E-state index contributed by atoms with van der Waals surface area (Å²) < 4.78 is 15.7. The van der Waals surface area contributed by atoms with Gasteiger partial charge in [-0.05, 0) is 35.2 Å². The van der Waals surface area contributed by atoms with E-state index in [1.807, 2.05) is 58.7 Å². The van der Waals surface area contributed by atoms with E-state index in [1.54, 1.807) is 41.5 Å². The quantitative estimate of drug-likeness (QED) is 0.456. The van der Waals surface area contributed by atoms with Gasteiger partial charge in [0.1, 0.15) is 11.5 Å². The Morgan fingerprint density at radius 3 is 2.52 bits per heavy atom. The first-order valence-corrected chi connectivity index (χ1v) is 10.1. The lowest BCUT2D eigenvalue weighted by molar-refractivity contribution is -0.129. The molecule has 0 aliphatic carbocycles. The molecule has 0 saturated heterocycles. The fraction of sp³-hybridized carbons (Fsp3) is 0.130. The molecule has 0 bridgehead atoms. The Labute approximate surface area is 172 Å². The number of hydrogen-bond donors (Lipinski definition) is 0. The minimum absolute atomic E-state index is 0.0321. The van der Waals surface area contributed by atoms with Gasteiger partial charge in [-0.1, -0.05) is 42.5 Å². The molecule has 2 aromatic heterocycles. The molecule has 4 nitrogen and oxygen atoms in total. The molecule has 6 heteroatoms. The molecule has 0 N–H and O–H groups in total. The number of thiophene rings is 1. The number of rotatable bonds is 6. The van der Waals surface area contributed by atoms with Gasteiger partial charge in [0.05, 0.1) is 17.0 Å². The van der Waals surface area contributed by atoms with Crippen LogP contribution in [0.25, 0.3) is 16.3 Å². The van der Waals surface area contributed by atoms with Crippen molar-refractivity contribution in [3.05, 3.63) is 95.3 Å². The SMILES string of the molecule is CN(Cc1cn(-c2ccccc2)nc1-c1cccs1)C(=O)Cc1ccccc1F. The molecule has 0 atom stereocenters. The second kappa shape index (κ2) is 8.41. The Morgan fingerprint density at radius 2 is 1.79 bits per heavy atom. The average molecular weight is 405 g/mol. The molecular formula is C23H20FN3OS. The van der Waals surface area contributed by atoms with Crippen molar-refractivity contribution < 1.29 is 9.18 Å². The van der Waals surface area contributed by atoms with Crippen LogP contribution >= 0.6 is 11.3 Å². The molecule has 0 aliphatic rings. The van der Waals surface area contributed by atoms with Crippen molar-refractivity contribution >= 4 is 17.2 Å². The normalized spacial score (nSPS) is 10.8. The highest BCUT2D eigenvalue weighted by Gasteiger charge is 2.18. The number of carbonyl (C=O) groups is 1. The Bertz CT molecular complexity index is 1110. The molecule has 0 radical (unpaired) electrons. The van der Waals surface area contributed by atoms with Gasteiger partial charge in [0, 0.05) is 25.4 Å². The van der Waals surface area contributed by atoms with Gasteiger partial charge in [0.2, 0.25) is 5.91 Å². The summed E-state index contributed by atoms with van der Waals surface area (Å²) in [6.07, 6.45) is 1.99. The first-order valence-electron chi connectivity index (χ1n) is 9.27. The number of aromatic nitrogens is 2. The van der Waals surface area contributed by atoms with Crippen LogP contribution in [0.5, 0.6) is 0 Å². The van der Waals surface area contributed by atoms with Gasteiger partial charge in [-0.15, -0.1) is 11.3 Å². The molecule has 146 valence electrons. The largest absolute Gasteiger partial charge is 0.341 e. The zero-order valence-corrected chi connectivity index (χ0v) is 16.8. The summed E-state index contributed by atoms with van der Waals surface area (Å²) in [6, 6.07) is 20.3. The van der Waals surface area contributed by atoms with Crippen LogP contribution in [0.4, 0.5) is 4.39 Å². The smallest absolute Gasteiger partial charge is 0.227 e. The van der Waals surface area contributed by atoms with Crippen molar-refractivity contribution in [2.24, 2.45) is 0 Å². The summed E-state index contributed by atoms with van der Waals surface area (Å²) in [5.41, 5.74) is 3.16. The Morgan fingerprint density at radius 1 is 1.03 bits per heavy atom. The number of halogens is 1. The van der Waals surface area contributed by atoms with Crippen molar-refractivity contribution in [3.63, 3.8) is 0 Å². The van der Waals surface area contributed by atoms with E-state index in [9.17, 15) is 9.18 Å². The number of para-hydroxylation sites is 1. The van der Waals surface area contributed by atoms with Gasteiger partial charge in [-0.3, -0.25) is 4.79 Å². The molecule has 2 heterocycles. The van der Waals surface area contributed by atoms with E-state index in [2.05, 4.69) is 0 Å². The first kappa shape index (κ1) is 19.1. The predicted octanol–water partition coefficient (Wildman–Crippen LogP) is 4.94. The minimum Gasteiger partial charge on any atom is -0.341 e. The fourth-order valence-electron chi connectivity index (χ4n) is 3.14. The van der Waals surface area contributed by atoms with Gasteiger partial charge in [-0.25, -0.2) is 9.07 Å². The lowest BCUT2D eigenvalue weighted by Crippen LogP contribution is -2.28. The molecule has 0 unspecified atom stereocenters. The van der Waals surface area contributed by atoms with Crippen LogP contribution in [0.3, 0.4) is 0 Å². The lowest BCUT2D eigenvalue weighted by Gasteiger charge is -2.17. The Kier molecular flexibility index (Phi) is 5.53. The first-order chi connectivity index (χ1) is 14.1. The highest BCUT2D eigenvalue weighted by atomic mass is 32.1. The predicted molar refractivity (Wildman–Crippen MR) is 113 cm³/mol. The number of benzene rings is 2. The van der Waals surface area contributed by atoms with E-state index in [-0.39, 0.29) is 18.1 Å². The highest BCUT2D eigenvalue weighted by Crippen LogP contribution is 2.28. The van der Waals surface area contributed by atoms with E-state index in [0.29, 0.717) is 12.1 Å². The standard InChI is InChI=1S/C23H20FN3OS/c1-26(22(28)14-17-8-5-6-11-20(17)24)15-18-16-27(19-9-3-2-4-10-19)25-23(18)21-12-7-13-29-21/h2-13,16H,14-15H2,1H3. The molecular weight excluding hydrogens is 385 g/mol. The Hall–Kier alpha value is -3.25. The van der Waals surface area contributed by atoms with Crippen molar-refractivity contribution in [3.8, 4) is 16.3 Å². The second-order valence-electron chi connectivity index (χ2n) is 6.78. The molecule has 0 aliphatic heterocycles. The summed E-state index contributed by atoms with van der Waals surface area (Å²) >= 11 is 1.61. The third-order valence-corrected chi connectivity index (χ3v) is 5.57. The number of nitrogens with zero attached hydrogens (tertiary/aromatic N) is 3. The summed E-state index contributed by atoms with van der Waals surface area (Å²) in [5, 5.41) is 6.77. The van der Waals surface area contributed by atoms with Crippen molar-refractivity contribution in [1.29, 1.82) is 0 Å². The van der Waals surface area contributed by atoms with Gasteiger partial charge in [-0.2, -0.15) is 5.10 Å². The molecule has 4 aromatic rings. The molecule has 1 amide bonds. The van der Waals surface area contributed by atoms with Crippen molar-refractivity contribution in [1.82, 2.24) is 14.7 Å². The third-order valence-electron chi connectivity index (χ3n) is 4.70. The van der Waals surface area contributed by atoms with E-state index >= 15 is 0 Å². The van der Waals surface area contributed by atoms with Crippen molar-refractivity contribution in [2.45, 2.75) is 13.0 Å². The van der Waals surface area contributed by atoms with Gasteiger partial charge < -0.3 is 4.90 Å². The lowest BCUT2D eigenvalue weighted by atomic mass is 10.1. The number of likely N-dealkylation sites (N-methyl/N-ethyl adjacent to an activating group) is 1. The van der Waals surface area contributed by atoms with Crippen LogP contribution in [0.15, 0.2) is 78.3 Å². The molecule has 29 heavy (non-hydrogen) atoms. The van der Waals surface area contributed by atoms with E-state index in [4.69, 9.17) is 5.10 Å². The maximum Gasteiger partial charge on any atom is 0.227 e. The topological polar surface area (TPSA) is 38.1 Å². The van der Waals surface area contributed by atoms with Gasteiger partial charge >= 0.3 is 0 Å². The number of carbonyl (C=O) groups excluding carboxylic acids is 1. The van der Waals surface area contributed by atoms with Gasteiger partial charge in [0.25, 0.3) is 0 Å². The van der Waals surface area contributed by atoms with Crippen LogP contribution in [0.1, 0.15) is 11.1 Å². The van der Waals surface area contributed by atoms with Crippen LogP contribution < -0.4 is 0 Å². The van der Waals surface area contributed by atoms with Crippen LogP contribution in [0.2, 0.25) is 0 Å². The van der Waals surface area contributed by atoms with E-state index in [0.717, 1.165) is 21.8 Å². The summed E-state index contributed by atoms with van der Waals surface area (Å²) in [5.74, 6) is -0.495. The van der Waals surface area contributed by atoms with Crippen LogP contribution in [-0.4, -0.2) is 27.6 Å². The maximum absolute atomic E-state index is 13.9. The third kappa shape index (κ3) is 4.27. The monoisotopic (exact) mass is 405 g/mol. The molecule has 4 rings (SSSR count). The summed E-state index contributed by atoms with van der Waals surface area (Å²) in [4.78, 5) is 15.3. The minimum atomic E-state index is -0.356. The van der Waals surface area contributed by atoms with E-state index < -0.39 is 0 Å². The number of hydrogen-bond acceptors (Lipinski definition) is 3. The molecule has 0 saturated carbocycles. The average Bonchev–Trinajstić information content (AvgIpc) is 3.40. The maximum atomic E-state index is 13.9. The molecule has 2 aromatic carbocycles. The van der Waals surface area contributed by atoms with E-state index in [1.165, 1.54) is 6.07 Å². The molecule has 0 fully saturated rings. The fourth-order valence-corrected chi connectivity index (χ4v) is 3.89. The molecule has 0 spiro atoms. The number of amides is 1. The summed E-state index contributed by atoms with van der Waals surface area (Å²) in [6.45, 7) is 0.396. The second-order valence-corrected chi connectivity index (χ2v) is 7.73. The van der Waals surface area contributed by atoms with Crippen LogP contribution in [-0.2, 0) is 17.8 Å². The Balaban J connectivity index is 1.59. The highest BCUT2D eigenvalue weighted by molar-refractivity contribution is 7.13. The zero-order chi connectivity index (χ0) is 20.2. The van der Waals surface area contributed by atoms with Gasteiger partial charge in [0.15, 0.2) is 0 Å².